The molecule has 0 atom stereocenters. The molecule has 1 N–H and O–H groups in total. The van der Waals surface area contributed by atoms with Gasteiger partial charge in [-0.25, -0.2) is 14.8 Å². The molecule has 70 valence electrons. The number of pyridine rings is 1. The van der Waals surface area contributed by atoms with Gasteiger partial charge in [-0.15, -0.1) is 0 Å². The Morgan fingerprint density at radius 3 is 3.36 bits per heavy atom. The molecule has 0 bridgehead atoms. The van der Waals surface area contributed by atoms with Gasteiger partial charge in [-0.1, -0.05) is 0 Å². The summed E-state index contributed by atoms with van der Waals surface area (Å²) in [5, 5.41) is 1.09. The van der Waals surface area contributed by atoms with E-state index in [-0.39, 0.29) is 0 Å². The monoisotopic (exact) mass is 187 g/mol. The Bertz CT molecular complexity index is 483. The van der Waals surface area contributed by atoms with Gasteiger partial charge in [0, 0.05) is 17.8 Å². The van der Waals surface area contributed by atoms with Crippen LogP contribution in [-0.2, 0) is 11.2 Å². The van der Waals surface area contributed by atoms with E-state index < -0.39 is 0 Å². The van der Waals surface area contributed by atoms with E-state index in [0.29, 0.717) is 6.54 Å². The molecule has 0 unspecified atom stereocenters. The van der Waals surface area contributed by atoms with Crippen LogP contribution >= 0.6 is 0 Å². The lowest BCUT2D eigenvalue weighted by Crippen LogP contribution is -1.87. The maximum atomic E-state index is 9.89. The van der Waals surface area contributed by atoms with Crippen molar-refractivity contribution >= 4 is 17.1 Å². The highest BCUT2D eigenvalue weighted by Gasteiger charge is 2.02. The SMILES string of the molecule is O=C=NCCc1c[nH]c2ncccc12. The van der Waals surface area contributed by atoms with Crippen molar-refractivity contribution in [2.24, 2.45) is 4.99 Å². The number of nitrogens with one attached hydrogen (secondary N) is 1. The number of nitrogens with zero attached hydrogens (tertiary/aromatic N) is 2. The van der Waals surface area contributed by atoms with Crippen molar-refractivity contribution in [2.75, 3.05) is 6.54 Å². The largest absolute Gasteiger partial charge is 0.346 e. The summed E-state index contributed by atoms with van der Waals surface area (Å²) in [6.07, 6.45) is 5.91. The minimum Gasteiger partial charge on any atom is -0.346 e. The molecule has 0 amide bonds. The minimum absolute atomic E-state index is 0.478. The summed E-state index contributed by atoms with van der Waals surface area (Å²) in [5.74, 6) is 0. The molecular formula is C10H9N3O. The van der Waals surface area contributed by atoms with Gasteiger partial charge < -0.3 is 4.98 Å². The lowest BCUT2D eigenvalue weighted by molar-refractivity contribution is 0.563. The molecular weight excluding hydrogens is 178 g/mol. The molecule has 2 rings (SSSR count). The van der Waals surface area contributed by atoms with E-state index in [0.717, 1.165) is 23.0 Å². The molecule has 2 heterocycles. The molecule has 0 saturated heterocycles. The number of aliphatic imine (C=N–C) groups is 1. The molecule has 4 nitrogen and oxygen atoms in total. The maximum Gasteiger partial charge on any atom is 0.234 e. The molecule has 0 spiro atoms. The Morgan fingerprint density at radius 2 is 2.50 bits per heavy atom. The third-order valence-corrected chi connectivity index (χ3v) is 2.09. The van der Waals surface area contributed by atoms with Gasteiger partial charge in [0.05, 0.1) is 6.54 Å². The number of fused-ring (bicyclic) bond motifs is 1. The molecule has 0 fully saturated rings. The molecule has 0 aliphatic rings. The summed E-state index contributed by atoms with van der Waals surface area (Å²) in [7, 11) is 0. The van der Waals surface area contributed by atoms with E-state index in [4.69, 9.17) is 0 Å². The van der Waals surface area contributed by atoms with E-state index in [1.807, 2.05) is 18.3 Å². The quantitative estimate of drug-likeness (QED) is 0.583. The normalized spacial score (nSPS) is 10.0. The summed E-state index contributed by atoms with van der Waals surface area (Å²) >= 11 is 0. The van der Waals surface area contributed by atoms with Crippen LogP contribution in [0, 0.1) is 0 Å². The first-order valence-electron chi connectivity index (χ1n) is 4.36. The number of isocyanates is 1. The smallest absolute Gasteiger partial charge is 0.234 e. The summed E-state index contributed by atoms with van der Waals surface area (Å²) in [4.78, 5) is 20.6. The van der Waals surface area contributed by atoms with Crippen LogP contribution in [0.25, 0.3) is 11.0 Å². The van der Waals surface area contributed by atoms with Crippen LogP contribution < -0.4 is 0 Å². The Kier molecular flexibility index (Phi) is 2.38. The van der Waals surface area contributed by atoms with Gasteiger partial charge in [0.25, 0.3) is 0 Å². The van der Waals surface area contributed by atoms with Crippen molar-refractivity contribution in [3.8, 4) is 0 Å². The highest BCUT2D eigenvalue weighted by molar-refractivity contribution is 5.79. The zero-order valence-corrected chi connectivity index (χ0v) is 7.53. The van der Waals surface area contributed by atoms with Crippen molar-refractivity contribution in [3.63, 3.8) is 0 Å². The van der Waals surface area contributed by atoms with Gasteiger partial charge in [0.2, 0.25) is 6.08 Å². The Labute approximate surface area is 80.7 Å². The molecule has 0 aliphatic carbocycles. The fourth-order valence-electron chi connectivity index (χ4n) is 1.44. The van der Waals surface area contributed by atoms with Crippen LogP contribution in [-0.4, -0.2) is 22.6 Å². The molecule has 4 heteroatoms. The standard InChI is InChI=1S/C10H9N3O/c14-7-11-5-3-8-6-13-10-9(8)2-1-4-12-10/h1-2,4,6H,3,5H2,(H,12,13). The number of H-pyrrole nitrogens is 1. The number of carbonyl (C=O) groups excluding carboxylic acids is 1. The molecule has 2 aromatic heterocycles. The number of aromatic amines is 1. The first-order chi connectivity index (χ1) is 6.92. The van der Waals surface area contributed by atoms with E-state index in [1.54, 1.807) is 6.20 Å². The fraction of sp³-hybridized carbons (Fsp3) is 0.200. The van der Waals surface area contributed by atoms with Crippen molar-refractivity contribution in [2.45, 2.75) is 6.42 Å². The fourth-order valence-corrected chi connectivity index (χ4v) is 1.44. The third-order valence-electron chi connectivity index (χ3n) is 2.09. The maximum absolute atomic E-state index is 9.89. The summed E-state index contributed by atoms with van der Waals surface area (Å²) < 4.78 is 0. The Balaban J connectivity index is 2.29. The third kappa shape index (κ3) is 1.56. The van der Waals surface area contributed by atoms with E-state index >= 15 is 0 Å². The molecule has 0 aromatic carbocycles. The first kappa shape index (κ1) is 8.66. The summed E-state index contributed by atoms with van der Waals surface area (Å²) in [6, 6.07) is 3.89. The van der Waals surface area contributed by atoms with Gasteiger partial charge in [-0.2, -0.15) is 0 Å². The van der Waals surface area contributed by atoms with E-state index in [1.165, 1.54) is 6.08 Å². The number of rotatable bonds is 3. The van der Waals surface area contributed by atoms with E-state index in [9.17, 15) is 4.79 Å². The van der Waals surface area contributed by atoms with E-state index in [2.05, 4.69) is 15.0 Å². The summed E-state index contributed by atoms with van der Waals surface area (Å²) in [6.45, 7) is 0.478. The second-order valence-electron chi connectivity index (χ2n) is 2.94. The average Bonchev–Trinajstić information content (AvgIpc) is 2.63. The van der Waals surface area contributed by atoms with Gasteiger partial charge in [0.15, 0.2) is 0 Å². The molecule has 0 aliphatic heterocycles. The van der Waals surface area contributed by atoms with Crippen LogP contribution in [0.5, 0.6) is 0 Å². The lowest BCUT2D eigenvalue weighted by Gasteiger charge is -1.93. The second-order valence-corrected chi connectivity index (χ2v) is 2.94. The predicted octanol–water partition coefficient (Wildman–Crippen LogP) is 1.44. The van der Waals surface area contributed by atoms with Crippen molar-refractivity contribution in [1.29, 1.82) is 0 Å². The molecule has 0 saturated carbocycles. The summed E-state index contributed by atoms with van der Waals surface area (Å²) in [5.41, 5.74) is 2.00. The number of aromatic nitrogens is 2. The van der Waals surface area contributed by atoms with Crippen molar-refractivity contribution in [3.05, 3.63) is 30.1 Å². The highest BCUT2D eigenvalue weighted by Crippen LogP contribution is 2.15. The van der Waals surface area contributed by atoms with Crippen LogP contribution in [0.1, 0.15) is 5.56 Å². The first-order valence-corrected chi connectivity index (χ1v) is 4.36. The zero-order valence-electron chi connectivity index (χ0n) is 7.53. The van der Waals surface area contributed by atoms with Gasteiger partial charge in [0.1, 0.15) is 5.65 Å². The molecule has 2 aromatic rings. The van der Waals surface area contributed by atoms with Crippen molar-refractivity contribution < 1.29 is 4.79 Å². The average molecular weight is 187 g/mol. The van der Waals surface area contributed by atoms with Crippen molar-refractivity contribution in [1.82, 2.24) is 9.97 Å². The highest BCUT2D eigenvalue weighted by atomic mass is 16.1. The Hall–Kier alpha value is -1.93. The molecule has 0 radical (unpaired) electrons. The second kappa shape index (κ2) is 3.85. The van der Waals surface area contributed by atoms with Gasteiger partial charge in [-0.3, -0.25) is 0 Å². The topological polar surface area (TPSA) is 58.1 Å². The van der Waals surface area contributed by atoms with Gasteiger partial charge in [-0.05, 0) is 24.1 Å². The van der Waals surface area contributed by atoms with Crippen LogP contribution in [0.4, 0.5) is 0 Å². The lowest BCUT2D eigenvalue weighted by atomic mass is 10.1. The predicted molar refractivity (Wildman–Crippen MR) is 52.8 cm³/mol. The minimum atomic E-state index is 0.478. The van der Waals surface area contributed by atoms with Crippen LogP contribution in [0.15, 0.2) is 29.5 Å². The molecule has 14 heavy (non-hydrogen) atoms. The zero-order chi connectivity index (χ0) is 9.80. The van der Waals surface area contributed by atoms with Gasteiger partial charge >= 0.3 is 0 Å². The number of hydrogen-bond acceptors (Lipinski definition) is 3. The number of hydrogen-bond donors (Lipinski definition) is 1. The van der Waals surface area contributed by atoms with Crippen LogP contribution in [0.3, 0.4) is 0 Å². The Morgan fingerprint density at radius 1 is 1.57 bits per heavy atom. The van der Waals surface area contributed by atoms with Crippen LogP contribution in [0.2, 0.25) is 0 Å².